The van der Waals surface area contributed by atoms with E-state index < -0.39 is 11.7 Å². The lowest BCUT2D eigenvalue weighted by Crippen LogP contribution is -2.05. The van der Waals surface area contributed by atoms with E-state index in [0.717, 1.165) is 27.6 Å². The minimum Gasteiger partial charge on any atom is -0.256 e. The van der Waals surface area contributed by atoms with Gasteiger partial charge in [0.1, 0.15) is 0 Å². The highest BCUT2D eigenvalue weighted by atomic mass is 32.2. The minimum absolute atomic E-state index is 0.522. The monoisotopic (exact) mass is 331 g/mol. The van der Waals surface area contributed by atoms with Crippen LogP contribution >= 0.6 is 11.8 Å². The van der Waals surface area contributed by atoms with Gasteiger partial charge in [-0.15, -0.1) is 0 Å². The number of hydrogen-bond acceptors (Lipinski definition) is 2. The molecule has 0 spiro atoms. The molecule has 0 saturated carbocycles. The van der Waals surface area contributed by atoms with Crippen LogP contribution in [-0.2, 0) is 6.18 Å². The van der Waals surface area contributed by atoms with E-state index >= 15 is 0 Å². The number of hydrogen-bond donors (Lipinski definition) is 0. The Kier molecular flexibility index (Phi) is 4.39. The fourth-order valence-corrected chi connectivity index (χ4v) is 2.89. The zero-order chi connectivity index (χ0) is 16.3. The molecule has 0 aliphatic rings. The second-order valence-electron chi connectivity index (χ2n) is 4.87. The van der Waals surface area contributed by atoms with Gasteiger partial charge >= 0.3 is 6.18 Å². The quantitative estimate of drug-likeness (QED) is 0.591. The molecule has 0 unspecified atom stereocenters. The zero-order valence-corrected chi connectivity index (χ0v) is 12.7. The van der Waals surface area contributed by atoms with Crippen LogP contribution in [0.2, 0.25) is 0 Å². The van der Waals surface area contributed by atoms with Gasteiger partial charge in [-0.1, -0.05) is 42.1 Å². The molecule has 5 heteroatoms. The molecule has 1 nitrogen and oxygen atoms in total. The Hall–Kier alpha value is -2.27. The van der Waals surface area contributed by atoms with Gasteiger partial charge in [-0.2, -0.15) is 13.2 Å². The summed E-state index contributed by atoms with van der Waals surface area (Å²) >= 11 is 1.63. The van der Waals surface area contributed by atoms with Crippen molar-refractivity contribution in [3.8, 4) is 11.3 Å². The first-order valence-electron chi connectivity index (χ1n) is 6.89. The third kappa shape index (κ3) is 3.93. The van der Waals surface area contributed by atoms with Crippen LogP contribution in [-0.4, -0.2) is 4.98 Å². The Morgan fingerprint density at radius 1 is 0.739 bits per heavy atom. The van der Waals surface area contributed by atoms with Gasteiger partial charge in [0.05, 0.1) is 11.3 Å². The third-order valence-electron chi connectivity index (χ3n) is 3.22. The van der Waals surface area contributed by atoms with E-state index in [1.54, 1.807) is 11.8 Å². The lowest BCUT2D eigenvalue weighted by Gasteiger charge is -2.07. The number of halogens is 3. The van der Waals surface area contributed by atoms with Gasteiger partial charge in [-0.25, -0.2) is 0 Å². The Bertz CT molecular complexity index is 766. The highest BCUT2D eigenvalue weighted by Gasteiger charge is 2.30. The van der Waals surface area contributed by atoms with Crippen LogP contribution in [0.25, 0.3) is 11.3 Å². The Labute approximate surface area is 136 Å². The van der Waals surface area contributed by atoms with Gasteiger partial charge in [0, 0.05) is 21.6 Å². The van der Waals surface area contributed by atoms with Crippen molar-refractivity contribution < 1.29 is 13.2 Å². The summed E-state index contributed by atoms with van der Waals surface area (Å²) < 4.78 is 37.6. The summed E-state index contributed by atoms with van der Waals surface area (Å²) in [7, 11) is 0. The van der Waals surface area contributed by atoms with Crippen molar-refractivity contribution in [3.63, 3.8) is 0 Å². The minimum atomic E-state index is -4.36. The maximum absolute atomic E-state index is 12.5. The van der Waals surface area contributed by atoms with E-state index in [9.17, 15) is 13.2 Å². The molecule has 3 rings (SSSR count). The SMILES string of the molecule is FC(F)(F)c1ccc(-c2ccc(Sc3ccccc3)cc2)nc1. The lowest BCUT2D eigenvalue weighted by molar-refractivity contribution is -0.137. The van der Waals surface area contributed by atoms with E-state index in [4.69, 9.17) is 0 Å². The smallest absolute Gasteiger partial charge is 0.256 e. The van der Waals surface area contributed by atoms with Gasteiger partial charge < -0.3 is 0 Å². The van der Waals surface area contributed by atoms with Crippen LogP contribution in [0.5, 0.6) is 0 Å². The highest BCUT2D eigenvalue weighted by molar-refractivity contribution is 7.99. The largest absolute Gasteiger partial charge is 0.417 e. The molecule has 0 aliphatic heterocycles. The van der Waals surface area contributed by atoms with Gasteiger partial charge in [0.25, 0.3) is 0 Å². The Balaban J connectivity index is 1.77. The second-order valence-corrected chi connectivity index (χ2v) is 6.02. The molecule has 0 fully saturated rings. The first kappa shape index (κ1) is 15.6. The number of alkyl halides is 3. The average Bonchev–Trinajstić information content (AvgIpc) is 2.56. The molecule has 0 N–H and O–H groups in total. The standard InChI is InChI=1S/C18H12F3NS/c19-18(20,21)14-8-11-17(22-12-14)13-6-9-16(10-7-13)23-15-4-2-1-3-5-15/h1-12H. The second kappa shape index (κ2) is 6.46. The molecule has 0 atom stereocenters. The van der Waals surface area contributed by atoms with Crippen LogP contribution in [0.1, 0.15) is 5.56 Å². The van der Waals surface area contributed by atoms with Gasteiger partial charge in [0.15, 0.2) is 0 Å². The van der Waals surface area contributed by atoms with Crippen molar-refractivity contribution >= 4 is 11.8 Å². The average molecular weight is 331 g/mol. The molecule has 23 heavy (non-hydrogen) atoms. The molecule has 0 amide bonds. The van der Waals surface area contributed by atoms with E-state index in [1.165, 1.54) is 6.07 Å². The maximum atomic E-state index is 12.5. The fourth-order valence-electron chi connectivity index (χ4n) is 2.05. The van der Waals surface area contributed by atoms with Crippen LogP contribution in [0, 0.1) is 0 Å². The van der Waals surface area contributed by atoms with E-state index in [-0.39, 0.29) is 0 Å². The van der Waals surface area contributed by atoms with Crippen molar-refractivity contribution in [1.29, 1.82) is 0 Å². The third-order valence-corrected chi connectivity index (χ3v) is 4.24. The molecular weight excluding hydrogens is 319 g/mol. The molecule has 3 aromatic rings. The molecular formula is C18H12F3NS. The predicted molar refractivity (Wildman–Crippen MR) is 85.2 cm³/mol. The van der Waals surface area contributed by atoms with Crippen LogP contribution in [0.3, 0.4) is 0 Å². The van der Waals surface area contributed by atoms with Gasteiger partial charge in [-0.05, 0) is 36.4 Å². The summed E-state index contributed by atoms with van der Waals surface area (Å²) in [4.78, 5) is 6.10. The number of pyridine rings is 1. The highest BCUT2D eigenvalue weighted by Crippen LogP contribution is 2.31. The molecule has 1 heterocycles. The van der Waals surface area contributed by atoms with E-state index in [1.807, 2.05) is 54.6 Å². The molecule has 0 aliphatic carbocycles. The summed E-state index contributed by atoms with van der Waals surface area (Å²) in [5, 5.41) is 0. The van der Waals surface area contributed by atoms with Crippen molar-refractivity contribution in [1.82, 2.24) is 4.98 Å². The first-order valence-corrected chi connectivity index (χ1v) is 7.70. The molecule has 116 valence electrons. The van der Waals surface area contributed by atoms with Crippen molar-refractivity contribution in [2.24, 2.45) is 0 Å². The molecule has 1 aromatic heterocycles. The zero-order valence-electron chi connectivity index (χ0n) is 11.9. The Morgan fingerprint density at radius 2 is 1.39 bits per heavy atom. The van der Waals surface area contributed by atoms with Crippen LogP contribution in [0.15, 0.2) is 82.7 Å². The number of aromatic nitrogens is 1. The molecule has 0 saturated heterocycles. The first-order chi connectivity index (χ1) is 11.0. The summed E-state index contributed by atoms with van der Waals surface area (Å²) in [6, 6.07) is 20.0. The van der Waals surface area contributed by atoms with E-state index in [2.05, 4.69) is 4.98 Å². The summed E-state index contributed by atoms with van der Waals surface area (Å²) in [5.41, 5.74) is 0.572. The number of nitrogens with zero attached hydrogens (tertiary/aromatic N) is 1. The Morgan fingerprint density at radius 3 is 1.96 bits per heavy atom. The van der Waals surface area contributed by atoms with E-state index in [0.29, 0.717) is 5.69 Å². The molecule has 2 aromatic carbocycles. The van der Waals surface area contributed by atoms with Crippen LogP contribution in [0.4, 0.5) is 13.2 Å². The summed E-state index contributed by atoms with van der Waals surface area (Å²) in [6.45, 7) is 0. The molecule has 0 radical (unpaired) electrons. The number of rotatable bonds is 3. The fraction of sp³-hybridized carbons (Fsp3) is 0.0556. The topological polar surface area (TPSA) is 12.9 Å². The van der Waals surface area contributed by atoms with Crippen molar-refractivity contribution in [3.05, 3.63) is 78.5 Å². The predicted octanol–water partition coefficient (Wildman–Crippen LogP) is 5.92. The summed E-state index contributed by atoms with van der Waals surface area (Å²) in [5.74, 6) is 0. The van der Waals surface area contributed by atoms with Gasteiger partial charge in [-0.3, -0.25) is 4.98 Å². The maximum Gasteiger partial charge on any atom is 0.417 e. The van der Waals surface area contributed by atoms with Crippen LogP contribution < -0.4 is 0 Å². The summed E-state index contributed by atoms with van der Waals surface area (Å²) in [6.07, 6.45) is -3.50. The molecule has 0 bridgehead atoms. The normalized spacial score (nSPS) is 11.4. The van der Waals surface area contributed by atoms with Crippen molar-refractivity contribution in [2.45, 2.75) is 16.0 Å². The lowest BCUT2D eigenvalue weighted by atomic mass is 10.1. The van der Waals surface area contributed by atoms with Crippen molar-refractivity contribution in [2.75, 3.05) is 0 Å². The van der Waals surface area contributed by atoms with Gasteiger partial charge in [0.2, 0.25) is 0 Å². The number of benzene rings is 2.